The van der Waals surface area contributed by atoms with Gasteiger partial charge >= 0.3 is 5.79 Å². The number of nitrogens with one attached hydrogen (secondary N) is 1. The van der Waals surface area contributed by atoms with Crippen molar-refractivity contribution in [3.05, 3.63) is 46.3 Å². The van der Waals surface area contributed by atoms with Gasteiger partial charge in [-0.25, -0.2) is 4.39 Å². The minimum Gasteiger partial charge on any atom is -0.504 e. The van der Waals surface area contributed by atoms with E-state index in [0.29, 0.717) is 31.2 Å². The number of aromatic hydroxyl groups is 3. The molecule has 3 heterocycles. The first-order chi connectivity index (χ1) is 21.3. The molecule has 0 bridgehead atoms. The van der Waals surface area contributed by atoms with Crippen LogP contribution in [0.3, 0.4) is 0 Å². The summed E-state index contributed by atoms with van der Waals surface area (Å²) < 4.78 is 26.0. The molecule has 8 N–H and O–H groups in total. The lowest BCUT2D eigenvalue weighted by Crippen LogP contribution is -2.79. The van der Waals surface area contributed by atoms with E-state index in [9.17, 15) is 50.1 Å². The average Bonchev–Trinajstić information content (AvgIpc) is 3.36. The van der Waals surface area contributed by atoms with E-state index in [1.165, 1.54) is 18.2 Å². The van der Waals surface area contributed by atoms with Crippen molar-refractivity contribution in [1.29, 1.82) is 0 Å². The van der Waals surface area contributed by atoms with E-state index in [2.05, 4.69) is 0 Å². The van der Waals surface area contributed by atoms with E-state index in [4.69, 9.17) is 9.47 Å². The van der Waals surface area contributed by atoms with Gasteiger partial charge in [-0.3, -0.25) is 24.6 Å². The number of hydrogen-bond donors (Lipinski definition) is 8. The molecular weight excluding hydrogens is 601 g/mol. The number of morpholine rings is 1. The molecule has 3 aliphatic rings. The van der Waals surface area contributed by atoms with Gasteiger partial charge in [0.25, 0.3) is 23.5 Å². The Bertz CT molecular complexity index is 1410. The molecule has 1 unspecified atom stereocenters. The van der Waals surface area contributed by atoms with E-state index in [1.807, 2.05) is 27.7 Å². The van der Waals surface area contributed by atoms with E-state index >= 15 is 4.39 Å². The number of aliphatic hydroxyl groups is 4. The third-order valence-corrected chi connectivity index (χ3v) is 7.37. The van der Waals surface area contributed by atoms with E-state index in [-0.39, 0.29) is 29.0 Å². The number of ether oxygens (including phenoxy) is 2. The summed E-state index contributed by atoms with van der Waals surface area (Å²) in [4.78, 5) is 39.6. The number of benzene rings is 2. The summed E-state index contributed by atoms with van der Waals surface area (Å²) >= 11 is 0. The maximum Gasteiger partial charge on any atom is 0.303 e. The fraction of sp³-hybridized carbons (Fsp3) is 0.483. The average molecular weight is 640 g/mol. The Labute approximate surface area is 257 Å². The predicted octanol–water partition coefficient (Wildman–Crippen LogP) is -0.251. The SMILES string of the molecule is CC.CC.O=C1NC(=O)C(O)(O)C(O)(O)C1N1Cc2c(OCc3c(O)c(O)c(CN4CCOCC4)c(O)c3F)cccc2C1=O. The number of imide groups is 1. The molecule has 248 valence electrons. The minimum atomic E-state index is -3.84. The Morgan fingerprint density at radius 2 is 1.56 bits per heavy atom. The van der Waals surface area contributed by atoms with Gasteiger partial charge in [0.2, 0.25) is 0 Å². The lowest BCUT2D eigenvalue weighted by molar-refractivity contribution is -0.355. The van der Waals surface area contributed by atoms with Crippen molar-refractivity contribution < 1.29 is 64.0 Å². The normalized spacial score (nSPS) is 20.3. The molecule has 0 radical (unpaired) electrons. The van der Waals surface area contributed by atoms with Crippen LogP contribution in [0.5, 0.6) is 23.0 Å². The maximum atomic E-state index is 15.2. The first-order valence-corrected chi connectivity index (χ1v) is 14.3. The fourth-order valence-corrected chi connectivity index (χ4v) is 5.03. The number of piperidine rings is 1. The number of carbonyl (C=O) groups excluding carboxylic acids is 3. The molecule has 2 aromatic rings. The Hall–Kier alpha value is -4.06. The zero-order chi connectivity index (χ0) is 33.9. The van der Waals surface area contributed by atoms with Crippen LogP contribution in [-0.2, 0) is 34.0 Å². The Morgan fingerprint density at radius 3 is 2.18 bits per heavy atom. The van der Waals surface area contributed by atoms with Gasteiger partial charge in [0.15, 0.2) is 29.1 Å². The summed E-state index contributed by atoms with van der Waals surface area (Å²) in [5.41, 5.74) is -0.848. The summed E-state index contributed by atoms with van der Waals surface area (Å²) in [6, 6.07) is 1.66. The van der Waals surface area contributed by atoms with Gasteiger partial charge < -0.3 is 50.1 Å². The highest BCUT2D eigenvalue weighted by Gasteiger charge is 2.67. The molecule has 0 aliphatic carbocycles. The second kappa shape index (κ2) is 13.9. The standard InChI is InChI=1S/C25H26FN3O12.2C2H6/c26-16-14(19(32)18(31)13(17(16)30)8-28-4-6-40-7-5-28)10-41-15-3-1-2-11-12(15)9-29(22(11)34)20-21(33)27-23(35)25(38,39)24(20,36)37;2*1-2/h1-3,20,30-32,36-39H,4-10H2,(H,27,33,35);2*1-2H3. The highest BCUT2D eigenvalue weighted by Crippen LogP contribution is 2.43. The molecule has 2 saturated heterocycles. The highest BCUT2D eigenvalue weighted by molar-refractivity contribution is 6.08. The summed E-state index contributed by atoms with van der Waals surface area (Å²) in [5, 5.41) is 73.6. The lowest BCUT2D eigenvalue weighted by Gasteiger charge is -2.44. The summed E-state index contributed by atoms with van der Waals surface area (Å²) in [5.74, 6) is -15.6. The molecule has 2 aromatic carbocycles. The molecule has 0 aromatic heterocycles. The van der Waals surface area contributed by atoms with Crippen molar-refractivity contribution in [2.75, 3.05) is 26.3 Å². The molecule has 45 heavy (non-hydrogen) atoms. The number of hydrogen-bond acceptors (Lipinski definition) is 13. The van der Waals surface area contributed by atoms with Crippen LogP contribution in [0.2, 0.25) is 0 Å². The van der Waals surface area contributed by atoms with Crippen LogP contribution in [0.25, 0.3) is 0 Å². The number of rotatable bonds is 6. The molecule has 5 rings (SSSR count). The molecule has 3 aliphatic heterocycles. The lowest BCUT2D eigenvalue weighted by atomic mass is 9.90. The van der Waals surface area contributed by atoms with Crippen molar-refractivity contribution in [3.8, 4) is 23.0 Å². The van der Waals surface area contributed by atoms with Crippen molar-refractivity contribution in [2.24, 2.45) is 0 Å². The third-order valence-electron chi connectivity index (χ3n) is 7.37. The van der Waals surface area contributed by atoms with Gasteiger partial charge in [-0.15, -0.1) is 0 Å². The zero-order valence-electron chi connectivity index (χ0n) is 25.2. The van der Waals surface area contributed by atoms with Gasteiger partial charge in [-0.05, 0) is 12.1 Å². The second-order valence-electron chi connectivity index (χ2n) is 9.83. The number of fused-ring (bicyclic) bond motifs is 1. The van der Waals surface area contributed by atoms with Gasteiger partial charge in [-0.2, -0.15) is 0 Å². The Balaban J connectivity index is 0.00000133. The smallest absolute Gasteiger partial charge is 0.303 e. The largest absolute Gasteiger partial charge is 0.504 e. The topological polar surface area (TPSA) is 230 Å². The second-order valence-corrected chi connectivity index (χ2v) is 9.83. The molecule has 2 fully saturated rings. The number of halogens is 1. The molecule has 0 saturated carbocycles. The van der Waals surface area contributed by atoms with Crippen LogP contribution < -0.4 is 10.1 Å². The van der Waals surface area contributed by atoms with Crippen LogP contribution in [0.15, 0.2) is 18.2 Å². The number of amides is 3. The van der Waals surface area contributed by atoms with Gasteiger partial charge in [0, 0.05) is 30.8 Å². The van der Waals surface area contributed by atoms with Crippen LogP contribution in [0.1, 0.15) is 54.7 Å². The molecule has 0 spiro atoms. The van der Waals surface area contributed by atoms with Crippen molar-refractivity contribution in [1.82, 2.24) is 15.1 Å². The first-order valence-electron chi connectivity index (χ1n) is 14.3. The van der Waals surface area contributed by atoms with Crippen LogP contribution in [-0.4, -0.2) is 107 Å². The Kier molecular flexibility index (Phi) is 11.0. The monoisotopic (exact) mass is 639 g/mol. The van der Waals surface area contributed by atoms with Gasteiger partial charge in [0.05, 0.1) is 30.9 Å². The molecule has 1 atom stereocenters. The van der Waals surface area contributed by atoms with Crippen molar-refractivity contribution in [3.63, 3.8) is 0 Å². The van der Waals surface area contributed by atoms with Crippen LogP contribution >= 0.6 is 0 Å². The molecule has 16 heteroatoms. The van der Waals surface area contributed by atoms with E-state index in [1.54, 1.807) is 10.2 Å². The molecular formula is C29H38FN3O12. The summed E-state index contributed by atoms with van der Waals surface area (Å²) in [6.07, 6.45) is 0. The molecule has 3 amide bonds. The van der Waals surface area contributed by atoms with Gasteiger partial charge in [0.1, 0.15) is 12.4 Å². The van der Waals surface area contributed by atoms with Gasteiger partial charge in [-0.1, -0.05) is 33.8 Å². The number of carbonyl (C=O) groups is 3. The number of phenolic OH excluding ortho intramolecular Hbond substituents is 3. The third kappa shape index (κ3) is 6.25. The first kappa shape index (κ1) is 35.4. The highest BCUT2D eigenvalue weighted by atomic mass is 19.1. The zero-order valence-corrected chi connectivity index (χ0v) is 25.2. The predicted molar refractivity (Wildman–Crippen MR) is 152 cm³/mol. The quantitative estimate of drug-likeness (QED) is 0.0883. The van der Waals surface area contributed by atoms with Crippen LogP contribution in [0, 0.1) is 5.82 Å². The summed E-state index contributed by atoms with van der Waals surface area (Å²) in [6.45, 7) is 8.41. The molecule has 15 nitrogen and oxygen atoms in total. The number of nitrogens with zero attached hydrogens (tertiary/aromatic N) is 2. The van der Waals surface area contributed by atoms with Crippen LogP contribution in [0.4, 0.5) is 4.39 Å². The summed E-state index contributed by atoms with van der Waals surface area (Å²) in [7, 11) is 0. The van der Waals surface area contributed by atoms with E-state index < -0.39 is 77.1 Å². The fourth-order valence-electron chi connectivity index (χ4n) is 5.03. The minimum absolute atomic E-state index is 0.0582. The van der Waals surface area contributed by atoms with E-state index in [0.717, 1.165) is 0 Å². The Morgan fingerprint density at radius 1 is 0.956 bits per heavy atom. The van der Waals surface area contributed by atoms with Crippen molar-refractivity contribution >= 4 is 17.7 Å². The van der Waals surface area contributed by atoms with Crippen molar-refractivity contribution in [2.45, 2.75) is 65.0 Å². The number of phenols is 3. The maximum absolute atomic E-state index is 15.2.